The molecule has 2 aromatic heterocycles. The summed E-state index contributed by atoms with van der Waals surface area (Å²) in [5.74, 6) is 0.712. The Hall–Kier alpha value is -3.87. The molecule has 0 bridgehead atoms. The maximum atomic E-state index is 13.2. The first-order valence-electron chi connectivity index (χ1n) is 11.7. The number of hydrogen-bond donors (Lipinski definition) is 2. The van der Waals surface area contributed by atoms with E-state index in [1.54, 1.807) is 47.2 Å². The van der Waals surface area contributed by atoms with Crippen molar-refractivity contribution in [3.8, 4) is 17.5 Å². The van der Waals surface area contributed by atoms with Crippen LogP contribution >= 0.6 is 35.4 Å². The van der Waals surface area contributed by atoms with Crippen LogP contribution in [0.25, 0.3) is 11.2 Å². The second-order valence-electron chi connectivity index (χ2n) is 8.34. The van der Waals surface area contributed by atoms with E-state index in [4.69, 9.17) is 44.9 Å². The first-order valence-corrected chi connectivity index (χ1v) is 12.8. The van der Waals surface area contributed by atoms with Crippen LogP contribution < -0.4 is 31.5 Å². The molecule has 0 unspecified atom stereocenters. The molecule has 0 spiro atoms. The van der Waals surface area contributed by atoms with Gasteiger partial charge >= 0.3 is 11.7 Å². The Bertz CT molecular complexity index is 1710. The molecule has 0 saturated heterocycles. The lowest BCUT2D eigenvalue weighted by atomic mass is 10.2. The topological polar surface area (TPSA) is 117 Å². The number of methoxy groups -OCH3 is 1. The van der Waals surface area contributed by atoms with E-state index in [9.17, 15) is 9.59 Å². The molecule has 2 aromatic carbocycles. The maximum absolute atomic E-state index is 13.2. The molecule has 0 aliphatic rings. The first kappa shape index (κ1) is 28.1. The summed E-state index contributed by atoms with van der Waals surface area (Å²) in [6.45, 7) is 2.73. The van der Waals surface area contributed by atoms with Crippen LogP contribution in [0.2, 0.25) is 10.0 Å². The molecule has 0 fully saturated rings. The number of imidazole rings is 1. The van der Waals surface area contributed by atoms with E-state index in [1.807, 2.05) is 6.92 Å². The Morgan fingerprint density at radius 3 is 2.59 bits per heavy atom. The molecule has 11 nitrogen and oxygen atoms in total. The number of aryl methyl sites for hydroxylation is 1. The number of benzene rings is 2. The average Bonchev–Trinajstić information content (AvgIpc) is 3.26. The largest absolute Gasteiger partial charge is 0.493 e. The zero-order valence-corrected chi connectivity index (χ0v) is 23.8. The Labute approximate surface area is 238 Å². The SMILES string of the molecule is CCNC(=S)NN=Cc1ccc(Oc2nc3c(c(=O)n(C)c(=O)n3C)n2Cc2ccc(Cl)cc2Cl)c(OC)c1. The summed E-state index contributed by atoms with van der Waals surface area (Å²) in [5.41, 5.74) is 3.39. The molecule has 2 heterocycles. The molecule has 0 saturated carbocycles. The summed E-state index contributed by atoms with van der Waals surface area (Å²) < 4.78 is 15.6. The van der Waals surface area contributed by atoms with E-state index in [-0.39, 0.29) is 23.7 Å². The molecule has 0 atom stereocenters. The van der Waals surface area contributed by atoms with Crippen molar-refractivity contribution < 1.29 is 9.47 Å². The number of hydrogen-bond acceptors (Lipinski definition) is 7. The fraction of sp³-hybridized carbons (Fsp3) is 0.240. The van der Waals surface area contributed by atoms with Crippen LogP contribution in [0.3, 0.4) is 0 Å². The summed E-state index contributed by atoms with van der Waals surface area (Å²) in [5, 5.41) is 8.32. The highest BCUT2D eigenvalue weighted by molar-refractivity contribution is 7.80. The van der Waals surface area contributed by atoms with Gasteiger partial charge in [-0.2, -0.15) is 10.1 Å². The maximum Gasteiger partial charge on any atom is 0.332 e. The molecule has 204 valence electrons. The predicted octanol–water partition coefficient (Wildman–Crippen LogP) is 3.41. The zero-order chi connectivity index (χ0) is 28.3. The minimum Gasteiger partial charge on any atom is -0.493 e. The van der Waals surface area contributed by atoms with Gasteiger partial charge in [0.05, 0.1) is 19.9 Å². The zero-order valence-electron chi connectivity index (χ0n) is 21.5. The molecular formula is C25H25Cl2N7O4S. The van der Waals surface area contributed by atoms with E-state index >= 15 is 0 Å². The molecular weight excluding hydrogens is 565 g/mol. The molecule has 39 heavy (non-hydrogen) atoms. The number of thiocarbonyl (C=S) groups is 1. The van der Waals surface area contributed by atoms with Gasteiger partial charge < -0.3 is 14.8 Å². The van der Waals surface area contributed by atoms with Gasteiger partial charge in [0.25, 0.3) is 5.56 Å². The third kappa shape index (κ3) is 5.92. The third-order valence-electron chi connectivity index (χ3n) is 5.76. The fourth-order valence-electron chi connectivity index (χ4n) is 3.78. The number of ether oxygens (including phenoxy) is 2. The predicted molar refractivity (Wildman–Crippen MR) is 156 cm³/mol. The smallest absolute Gasteiger partial charge is 0.332 e. The minimum absolute atomic E-state index is 0.0617. The highest BCUT2D eigenvalue weighted by atomic mass is 35.5. The Balaban J connectivity index is 1.78. The Morgan fingerprint density at radius 1 is 1.13 bits per heavy atom. The standard InChI is InChI=1S/C25H25Cl2N7O4S/c1-5-28-23(39)31-29-12-14-6-9-18(19(10-14)37-4)38-24-30-21-20(22(35)33(3)25(36)32(21)2)34(24)13-15-7-8-16(26)11-17(15)27/h6-12H,5,13H2,1-4H3,(H2,28,31,39). The minimum atomic E-state index is -0.526. The van der Waals surface area contributed by atoms with Crippen molar-refractivity contribution in [2.45, 2.75) is 13.5 Å². The van der Waals surface area contributed by atoms with Gasteiger partial charge in [-0.3, -0.25) is 23.9 Å². The van der Waals surface area contributed by atoms with Crippen molar-refractivity contribution in [3.63, 3.8) is 0 Å². The van der Waals surface area contributed by atoms with Crippen molar-refractivity contribution >= 4 is 57.9 Å². The number of fused-ring (bicyclic) bond motifs is 1. The second-order valence-corrected chi connectivity index (χ2v) is 9.59. The molecule has 0 aliphatic carbocycles. The highest BCUT2D eigenvalue weighted by Crippen LogP contribution is 2.33. The number of rotatable bonds is 8. The summed E-state index contributed by atoms with van der Waals surface area (Å²) in [4.78, 5) is 30.3. The number of nitrogens with one attached hydrogen (secondary N) is 2. The van der Waals surface area contributed by atoms with Crippen LogP contribution in [0.15, 0.2) is 51.1 Å². The van der Waals surface area contributed by atoms with Gasteiger partial charge in [-0.15, -0.1) is 0 Å². The van der Waals surface area contributed by atoms with Crippen molar-refractivity contribution in [1.82, 2.24) is 29.4 Å². The van der Waals surface area contributed by atoms with Crippen molar-refractivity contribution in [3.05, 3.63) is 78.4 Å². The van der Waals surface area contributed by atoms with E-state index < -0.39 is 11.2 Å². The molecule has 4 aromatic rings. The van der Waals surface area contributed by atoms with Crippen LogP contribution in [-0.2, 0) is 20.6 Å². The molecule has 0 aliphatic heterocycles. The molecule has 2 N–H and O–H groups in total. The van der Waals surface area contributed by atoms with Gasteiger partial charge in [0.1, 0.15) is 0 Å². The molecule has 0 amide bonds. The normalized spacial score (nSPS) is 11.2. The van der Waals surface area contributed by atoms with Crippen LogP contribution in [0, 0.1) is 0 Å². The van der Waals surface area contributed by atoms with Crippen molar-refractivity contribution in [2.24, 2.45) is 19.2 Å². The number of hydrazone groups is 1. The fourth-order valence-corrected chi connectivity index (χ4v) is 4.45. The van der Waals surface area contributed by atoms with Crippen LogP contribution in [-0.4, -0.2) is 43.7 Å². The van der Waals surface area contributed by atoms with Crippen molar-refractivity contribution in [1.29, 1.82) is 0 Å². The monoisotopic (exact) mass is 589 g/mol. The van der Waals surface area contributed by atoms with E-state index in [1.165, 1.54) is 25.8 Å². The lowest BCUT2D eigenvalue weighted by Gasteiger charge is -2.13. The Kier molecular flexibility index (Phi) is 8.58. The van der Waals surface area contributed by atoms with Gasteiger partial charge in [0, 0.05) is 30.7 Å². The summed E-state index contributed by atoms with van der Waals surface area (Å²) in [6.07, 6.45) is 1.58. The number of nitrogens with zero attached hydrogens (tertiary/aromatic N) is 5. The first-order chi connectivity index (χ1) is 18.6. The van der Waals surface area contributed by atoms with Crippen molar-refractivity contribution in [2.75, 3.05) is 13.7 Å². The number of halogens is 2. The highest BCUT2D eigenvalue weighted by Gasteiger charge is 2.22. The van der Waals surface area contributed by atoms with Gasteiger partial charge in [-0.25, -0.2) is 4.79 Å². The lowest BCUT2D eigenvalue weighted by molar-refractivity contribution is 0.361. The van der Waals surface area contributed by atoms with Gasteiger partial charge in [0.15, 0.2) is 27.8 Å². The van der Waals surface area contributed by atoms with E-state index in [0.717, 1.165) is 4.57 Å². The van der Waals surface area contributed by atoms with Crippen LogP contribution in [0.4, 0.5) is 0 Å². The molecule has 4 rings (SSSR count). The summed E-state index contributed by atoms with van der Waals surface area (Å²) >= 11 is 17.6. The van der Waals surface area contributed by atoms with Gasteiger partial charge in [-0.05, 0) is 60.6 Å². The molecule has 0 radical (unpaired) electrons. The molecule has 14 heteroatoms. The Morgan fingerprint density at radius 2 is 1.90 bits per heavy atom. The van der Waals surface area contributed by atoms with Gasteiger partial charge in [0.2, 0.25) is 0 Å². The second kappa shape index (κ2) is 11.9. The number of aromatic nitrogens is 4. The van der Waals surface area contributed by atoms with Gasteiger partial charge in [-0.1, -0.05) is 29.3 Å². The van der Waals surface area contributed by atoms with E-state index in [0.29, 0.717) is 44.3 Å². The quantitative estimate of drug-likeness (QED) is 0.182. The third-order valence-corrected chi connectivity index (χ3v) is 6.59. The lowest BCUT2D eigenvalue weighted by Crippen LogP contribution is -2.37. The van der Waals surface area contributed by atoms with Crippen LogP contribution in [0.1, 0.15) is 18.1 Å². The van der Waals surface area contributed by atoms with Crippen LogP contribution in [0.5, 0.6) is 17.5 Å². The van der Waals surface area contributed by atoms with E-state index in [2.05, 4.69) is 20.8 Å². The summed E-state index contributed by atoms with van der Waals surface area (Å²) in [6, 6.07) is 10.3. The summed E-state index contributed by atoms with van der Waals surface area (Å²) in [7, 11) is 4.43. The average molecular weight is 590 g/mol.